The molecule has 0 aliphatic carbocycles. The fourth-order valence-corrected chi connectivity index (χ4v) is 3.28. The minimum atomic E-state index is -0.824. The van der Waals surface area contributed by atoms with Crippen molar-refractivity contribution in [2.24, 2.45) is 0 Å². The van der Waals surface area contributed by atoms with E-state index in [9.17, 15) is 15.0 Å². The first-order chi connectivity index (χ1) is 10.1. The highest BCUT2D eigenvalue weighted by Gasteiger charge is 2.47. The Balaban J connectivity index is 1.68. The molecule has 0 aromatic heterocycles. The summed E-state index contributed by atoms with van der Waals surface area (Å²) in [5.41, 5.74) is 1.56. The Morgan fingerprint density at radius 3 is 2.67 bits per heavy atom. The summed E-state index contributed by atoms with van der Waals surface area (Å²) < 4.78 is 5.45. The van der Waals surface area contributed by atoms with Gasteiger partial charge in [-0.3, -0.25) is 4.90 Å². The molecular formula is C16H21NO4. The Morgan fingerprint density at radius 1 is 1.29 bits per heavy atom. The first kappa shape index (κ1) is 14.5. The van der Waals surface area contributed by atoms with Gasteiger partial charge in [-0.1, -0.05) is 17.7 Å². The van der Waals surface area contributed by atoms with E-state index in [2.05, 4.69) is 0 Å². The number of rotatable bonds is 2. The Morgan fingerprint density at radius 2 is 2.00 bits per heavy atom. The molecule has 2 saturated heterocycles. The van der Waals surface area contributed by atoms with Gasteiger partial charge in [0.1, 0.15) is 12.2 Å². The van der Waals surface area contributed by atoms with E-state index in [-0.39, 0.29) is 6.04 Å². The standard InChI is InChI=1S/C16H21NO4/c1-10-4-6-11(7-5-10)16(20)21-13-9-17-8-2-3-12(18)14(17)15(13)19/h4-7,12-15,18-19H,2-3,8-9H2,1H3/t12-,13-,14-,15-/m1/s1. The summed E-state index contributed by atoms with van der Waals surface area (Å²) in [6.45, 7) is 3.27. The van der Waals surface area contributed by atoms with Gasteiger partial charge in [-0.15, -0.1) is 0 Å². The van der Waals surface area contributed by atoms with Crippen molar-refractivity contribution in [3.05, 3.63) is 35.4 Å². The van der Waals surface area contributed by atoms with Crippen LogP contribution in [-0.2, 0) is 4.74 Å². The summed E-state index contributed by atoms with van der Waals surface area (Å²) in [6.07, 6.45) is -0.345. The summed E-state index contributed by atoms with van der Waals surface area (Å²) in [5, 5.41) is 20.3. The summed E-state index contributed by atoms with van der Waals surface area (Å²) in [5.74, 6) is -0.423. The molecule has 3 rings (SSSR count). The third kappa shape index (κ3) is 2.81. The second kappa shape index (κ2) is 5.75. The molecule has 2 aliphatic rings. The minimum absolute atomic E-state index is 0.311. The number of nitrogens with zero attached hydrogens (tertiary/aromatic N) is 1. The van der Waals surface area contributed by atoms with Gasteiger partial charge in [-0.2, -0.15) is 0 Å². The van der Waals surface area contributed by atoms with Crippen LogP contribution in [0.1, 0.15) is 28.8 Å². The summed E-state index contributed by atoms with van der Waals surface area (Å²) in [7, 11) is 0. The molecule has 0 spiro atoms. The lowest BCUT2D eigenvalue weighted by molar-refractivity contribution is -0.0364. The number of hydrogen-bond acceptors (Lipinski definition) is 5. The normalized spacial score (nSPS) is 32.7. The molecule has 2 N–H and O–H groups in total. The first-order valence-electron chi connectivity index (χ1n) is 7.44. The van der Waals surface area contributed by atoms with Gasteiger partial charge >= 0.3 is 5.97 Å². The number of piperidine rings is 1. The monoisotopic (exact) mass is 291 g/mol. The van der Waals surface area contributed by atoms with Crippen LogP contribution in [0.4, 0.5) is 0 Å². The first-order valence-corrected chi connectivity index (χ1v) is 7.44. The van der Waals surface area contributed by atoms with Crippen molar-refractivity contribution in [1.82, 2.24) is 4.90 Å². The molecule has 0 radical (unpaired) electrons. The van der Waals surface area contributed by atoms with Gasteiger partial charge in [0.25, 0.3) is 0 Å². The zero-order chi connectivity index (χ0) is 15.0. The van der Waals surface area contributed by atoms with E-state index < -0.39 is 24.3 Å². The number of aliphatic hydroxyl groups excluding tert-OH is 2. The smallest absolute Gasteiger partial charge is 0.338 e. The van der Waals surface area contributed by atoms with Crippen LogP contribution >= 0.6 is 0 Å². The minimum Gasteiger partial charge on any atom is -0.455 e. The molecule has 21 heavy (non-hydrogen) atoms. The van der Waals surface area contributed by atoms with E-state index in [1.165, 1.54) is 0 Å². The SMILES string of the molecule is Cc1ccc(C(=O)O[C@@H]2CN3CCC[C@@H](O)[C@@H]3[C@@H]2O)cc1. The Bertz CT molecular complexity index is 516. The summed E-state index contributed by atoms with van der Waals surface area (Å²) in [6, 6.07) is 6.85. The lowest BCUT2D eigenvalue weighted by Crippen LogP contribution is -2.49. The largest absolute Gasteiger partial charge is 0.455 e. The Hall–Kier alpha value is -1.43. The van der Waals surface area contributed by atoms with E-state index in [0.29, 0.717) is 18.5 Å². The number of ether oxygens (including phenoxy) is 1. The van der Waals surface area contributed by atoms with Crippen LogP contribution in [0.5, 0.6) is 0 Å². The van der Waals surface area contributed by atoms with Crippen LogP contribution < -0.4 is 0 Å². The number of carbonyl (C=O) groups is 1. The molecule has 0 bridgehead atoms. The number of aryl methyl sites for hydroxylation is 1. The molecule has 2 fully saturated rings. The average molecular weight is 291 g/mol. The fourth-order valence-electron chi connectivity index (χ4n) is 3.28. The lowest BCUT2D eigenvalue weighted by Gasteiger charge is -2.34. The van der Waals surface area contributed by atoms with Crippen molar-refractivity contribution in [2.75, 3.05) is 13.1 Å². The van der Waals surface area contributed by atoms with Gasteiger partial charge in [0.05, 0.1) is 17.7 Å². The predicted molar refractivity (Wildman–Crippen MR) is 77.0 cm³/mol. The molecule has 2 heterocycles. The van der Waals surface area contributed by atoms with Crippen molar-refractivity contribution in [3.8, 4) is 0 Å². The van der Waals surface area contributed by atoms with Crippen molar-refractivity contribution >= 4 is 5.97 Å². The molecular weight excluding hydrogens is 270 g/mol. The molecule has 1 aromatic carbocycles. The van der Waals surface area contributed by atoms with Crippen LogP contribution in [0.15, 0.2) is 24.3 Å². The van der Waals surface area contributed by atoms with Gasteiger partial charge in [0.2, 0.25) is 0 Å². The molecule has 5 heteroatoms. The van der Waals surface area contributed by atoms with Gasteiger partial charge in [-0.25, -0.2) is 4.79 Å². The summed E-state index contributed by atoms with van der Waals surface area (Å²) >= 11 is 0. The van der Waals surface area contributed by atoms with Crippen LogP contribution in [0.3, 0.4) is 0 Å². The number of carbonyl (C=O) groups excluding carboxylic acids is 1. The topological polar surface area (TPSA) is 70.0 Å². The molecule has 4 atom stereocenters. The van der Waals surface area contributed by atoms with Crippen LogP contribution in [-0.4, -0.2) is 58.5 Å². The third-order valence-corrected chi connectivity index (χ3v) is 4.45. The van der Waals surface area contributed by atoms with Crippen molar-refractivity contribution in [2.45, 2.75) is 44.1 Å². The molecule has 5 nitrogen and oxygen atoms in total. The highest BCUT2D eigenvalue weighted by molar-refractivity contribution is 5.89. The number of benzene rings is 1. The average Bonchev–Trinajstić information content (AvgIpc) is 2.77. The second-order valence-corrected chi connectivity index (χ2v) is 6.00. The third-order valence-electron chi connectivity index (χ3n) is 4.45. The van der Waals surface area contributed by atoms with E-state index in [1.807, 2.05) is 24.0 Å². The van der Waals surface area contributed by atoms with Gasteiger partial charge < -0.3 is 14.9 Å². The van der Waals surface area contributed by atoms with Crippen molar-refractivity contribution < 1.29 is 19.7 Å². The Kier molecular flexibility index (Phi) is 3.97. The summed E-state index contributed by atoms with van der Waals surface area (Å²) in [4.78, 5) is 14.2. The van der Waals surface area contributed by atoms with E-state index in [4.69, 9.17) is 4.74 Å². The lowest BCUT2D eigenvalue weighted by atomic mass is 9.97. The van der Waals surface area contributed by atoms with E-state index >= 15 is 0 Å². The number of esters is 1. The number of aliphatic hydroxyl groups is 2. The van der Waals surface area contributed by atoms with E-state index in [1.54, 1.807) is 12.1 Å². The molecule has 2 aliphatic heterocycles. The molecule has 0 amide bonds. The zero-order valence-electron chi connectivity index (χ0n) is 12.1. The van der Waals surface area contributed by atoms with Crippen LogP contribution in [0.25, 0.3) is 0 Å². The van der Waals surface area contributed by atoms with E-state index in [0.717, 1.165) is 18.5 Å². The van der Waals surface area contributed by atoms with Crippen molar-refractivity contribution in [1.29, 1.82) is 0 Å². The quantitative estimate of drug-likeness (QED) is 0.786. The number of hydrogen-bond donors (Lipinski definition) is 2. The highest BCUT2D eigenvalue weighted by atomic mass is 16.6. The van der Waals surface area contributed by atoms with Gasteiger partial charge in [0, 0.05) is 6.54 Å². The van der Waals surface area contributed by atoms with Crippen LogP contribution in [0, 0.1) is 6.92 Å². The molecule has 0 unspecified atom stereocenters. The maximum Gasteiger partial charge on any atom is 0.338 e. The molecule has 1 aromatic rings. The molecule has 0 saturated carbocycles. The van der Waals surface area contributed by atoms with Crippen molar-refractivity contribution in [3.63, 3.8) is 0 Å². The number of fused-ring (bicyclic) bond motifs is 1. The van der Waals surface area contributed by atoms with Gasteiger partial charge in [-0.05, 0) is 38.4 Å². The highest BCUT2D eigenvalue weighted by Crippen LogP contribution is 2.29. The molecule has 114 valence electrons. The van der Waals surface area contributed by atoms with Gasteiger partial charge in [0.15, 0.2) is 0 Å². The predicted octanol–water partition coefficient (Wildman–Crippen LogP) is 0.720. The maximum atomic E-state index is 12.1. The second-order valence-electron chi connectivity index (χ2n) is 6.00. The van der Waals surface area contributed by atoms with Crippen LogP contribution in [0.2, 0.25) is 0 Å². The maximum absolute atomic E-state index is 12.1. The Labute approximate surface area is 124 Å². The zero-order valence-corrected chi connectivity index (χ0v) is 12.1. The fraction of sp³-hybridized carbons (Fsp3) is 0.562.